The Kier molecular flexibility index (Phi) is 2.43. The molecule has 0 bridgehead atoms. The van der Waals surface area contributed by atoms with Crippen LogP contribution in [-0.2, 0) is 10.3 Å². The fraction of sp³-hybridized carbons (Fsp3) is 0.364. The third kappa shape index (κ3) is 1.97. The Bertz CT molecular complexity index is 415. The van der Waals surface area contributed by atoms with E-state index in [2.05, 4.69) is 5.32 Å². The Morgan fingerprint density at radius 3 is 2.67 bits per heavy atom. The van der Waals surface area contributed by atoms with Crippen LogP contribution in [0.3, 0.4) is 0 Å². The highest BCUT2D eigenvalue weighted by Gasteiger charge is 2.46. The van der Waals surface area contributed by atoms with Crippen molar-refractivity contribution in [3.63, 3.8) is 0 Å². The molecule has 1 aromatic rings. The van der Waals surface area contributed by atoms with E-state index < -0.39 is 5.54 Å². The Hall–Kier alpha value is -1.09. The van der Waals surface area contributed by atoms with Gasteiger partial charge in [-0.1, -0.05) is 17.7 Å². The van der Waals surface area contributed by atoms with Crippen LogP contribution in [0.5, 0.6) is 0 Å². The zero-order valence-electron chi connectivity index (χ0n) is 8.31. The molecule has 1 aromatic carbocycles. The molecule has 4 heteroatoms. The van der Waals surface area contributed by atoms with Gasteiger partial charge in [-0.3, -0.25) is 4.79 Å². The third-order valence-corrected chi connectivity index (χ3v) is 2.85. The molecular formula is C11H11ClFNO. The minimum atomic E-state index is -0.486. The normalized spacial score (nSPS) is 17.3. The topological polar surface area (TPSA) is 29.1 Å². The second-order valence-corrected chi connectivity index (χ2v) is 4.32. The zero-order chi connectivity index (χ0) is 11.1. The fourth-order valence-electron chi connectivity index (χ4n) is 1.80. The van der Waals surface area contributed by atoms with Crippen LogP contribution in [-0.4, -0.2) is 5.91 Å². The lowest BCUT2D eigenvalue weighted by Gasteiger charge is -2.17. The maximum absolute atomic E-state index is 13.6. The Morgan fingerprint density at radius 2 is 2.20 bits per heavy atom. The van der Waals surface area contributed by atoms with Crippen LogP contribution >= 0.6 is 11.6 Å². The lowest BCUT2D eigenvalue weighted by atomic mass is 10.0. The highest BCUT2D eigenvalue weighted by atomic mass is 35.5. The number of rotatable bonds is 2. The summed E-state index contributed by atoms with van der Waals surface area (Å²) in [6, 6.07) is 4.56. The number of amides is 1. The molecule has 0 spiro atoms. The highest BCUT2D eigenvalue weighted by Crippen LogP contribution is 2.46. The van der Waals surface area contributed by atoms with E-state index in [1.165, 1.54) is 13.0 Å². The quantitative estimate of drug-likeness (QED) is 0.827. The first kappa shape index (κ1) is 10.4. The molecule has 1 aliphatic rings. The van der Waals surface area contributed by atoms with E-state index in [1.807, 2.05) is 0 Å². The Balaban J connectivity index is 2.33. The first-order valence-electron chi connectivity index (χ1n) is 4.78. The summed E-state index contributed by atoms with van der Waals surface area (Å²) in [5, 5.41) is 3.16. The highest BCUT2D eigenvalue weighted by molar-refractivity contribution is 6.30. The smallest absolute Gasteiger partial charge is 0.217 e. The molecule has 1 saturated carbocycles. The molecule has 0 aliphatic heterocycles. The number of benzene rings is 1. The van der Waals surface area contributed by atoms with Crippen LogP contribution in [0, 0.1) is 5.82 Å². The van der Waals surface area contributed by atoms with Gasteiger partial charge in [0.1, 0.15) is 5.82 Å². The van der Waals surface area contributed by atoms with Crippen molar-refractivity contribution in [1.82, 2.24) is 5.32 Å². The van der Waals surface area contributed by atoms with Crippen molar-refractivity contribution in [3.8, 4) is 0 Å². The van der Waals surface area contributed by atoms with Gasteiger partial charge in [0.05, 0.1) is 5.54 Å². The summed E-state index contributed by atoms with van der Waals surface area (Å²) in [6.07, 6.45) is 1.57. The molecule has 0 radical (unpaired) electrons. The van der Waals surface area contributed by atoms with Crippen molar-refractivity contribution < 1.29 is 9.18 Å². The van der Waals surface area contributed by atoms with E-state index in [4.69, 9.17) is 11.6 Å². The maximum Gasteiger partial charge on any atom is 0.217 e. The van der Waals surface area contributed by atoms with Gasteiger partial charge in [-0.15, -0.1) is 0 Å². The van der Waals surface area contributed by atoms with Crippen molar-refractivity contribution in [2.24, 2.45) is 0 Å². The predicted octanol–water partition coefficient (Wildman–Crippen LogP) is 2.60. The van der Waals surface area contributed by atoms with Crippen molar-refractivity contribution in [2.75, 3.05) is 0 Å². The van der Waals surface area contributed by atoms with E-state index in [1.54, 1.807) is 12.1 Å². The van der Waals surface area contributed by atoms with E-state index in [0.717, 1.165) is 12.8 Å². The fourth-order valence-corrected chi connectivity index (χ4v) is 1.96. The van der Waals surface area contributed by atoms with Crippen molar-refractivity contribution in [3.05, 3.63) is 34.6 Å². The molecule has 0 aromatic heterocycles. The SMILES string of the molecule is CC(=O)NC1(c2ccc(Cl)cc2F)CC1. The zero-order valence-corrected chi connectivity index (χ0v) is 9.07. The molecule has 15 heavy (non-hydrogen) atoms. The van der Waals surface area contributed by atoms with Crippen LogP contribution < -0.4 is 5.32 Å². The molecule has 2 nitrogen and oxygen atoms in total. The van der Waals surface area contributed by atoms with Crippen LogP contribution in [0.15, 0.2) is 18.2 Å². The second kappa shape index (κ2) is 3.49. The summed E-state index contributed by atoms with van der Waals surface area (Å²) < 4.78 is 13.6. The van der Waals surface area contributed by atoms with Gasteiger partial charge >= 0.3 is 0 Å². The molecular weight excluding hydrogens is 217 g/mol. The molecule has 1 N–H and O–H groups in total. The predicted molar refractivity (Wildman–Crippen MR) is 56.1 cm³/mol. The summed E-state index contributed by atoms with van der Waals surface area (Å²) >= 11 is 5.67. The van der Waals surface area contributed by atoms with Crippen molar-refractivity contribution >= 4 is 17.5 Å². The summed E-state index contributed by atoms with van der Waals surface area (Å²) in [5.41, 5.74) is 0.0441. The van der Waals surface area contributed by atoms with Gasteiger partial charge < -0.3 is 5.32 Å². The van der Waals surface area contributed by atoms with E-state index in [9.17, 15) is 9.18 Å². The maximum atomic E-state index is 13.6. The molecule has 0 atom stereocenters. The summed E-state index contributed by atoms with van der Waals surface area (Å²) in [7, 11) is 0. The van der Waals surface area contributed by atoms with Gasteiger partial charge in [-0.25, -0.2) is 4.39 Å². The summed E-state index contributed by atoms with van der Waals surface area (Å²) in [6.45, 7) is 1.44. The van der Waals surface area contributed by atoms with Crippen LogP contribution in [0.1, 0.15) is 25.3 Å². The van der Waals surface area contributed by atoms with Crippen molar-refractivity contribution in [1.29, 1.82) is 0 Å². The van der Waals surface area contributed by atoms with Gasteiger partial charge in [0, 0.05) is 17.5 Å². The Labute approximate surface area is 92.4 Å². The minimum Gasteiger partial charge on any atom is -0.347 e. The number of hydrogen-bond donors (Lipinski definition) is 1. The third-order valence-electron chi connectivity index (χ3n) is 2.61. The molecule has 1 aliphatic carbocycles. The Morgan fingerprint density at radius 1 is 1.53 bits per heavy atom. The number of carbonyl (C=O) groups is 1. The van der Waals surface area contributed by atoms with E-state index in [-0.39, 0.29) is 11.7 Å². The first-order chi connectivity index (χ1) is 7.03. The van der Waals surface area contributed by atoms with Gasteiger partial charge in [-0.05, 0) is 25.0 Å². The monoisotopic (exact) mass is 227 g/mol. The molecule has 1 fully saturated rings. The lowest BCUT2D eigenvalue weighted by molar-refractivity contribution is -0.120. The number of hydrogen-bond acceptors (Lipinski definition) is 1. The molecule has 2 rings (SSSR count). The molecule has 0 heterocycles. The molecule has 80 valence electrons. The average Bonchev–Trinajstić information content (AvgIpc) is 2.83. The van der Waals surface area contributed by atoms with E-state index in [0.29, 0.717) is 10.6 Å². The van der Waals surface area contributed by atoms with Gasteiger partial charge in [0.15, 0.2) is 0 Å². The van der Waals surface area contributed by atoms with Crippen molar-refractivity contribution in [2.45, 2.75) is 25.3 Å². The van der Waals surface area contributed by atoms with Gasteiger partial charge in [-0.2, -0.15) is 0 Å². The minimum absolute atomic E-state index is 0.137. The summed E-state index contributed by atoms with van der Waals surface area (Å²) in [4.78, 5) is 11.0. The second-order valence-electron chi connectivity index (χ2n) is 3.89. The van der Waals surface area contributed by atoms with Gasteiger partial charge in [0.2, 0.25) is 5.91 Å². The average molecular weight is 228 g/mol. The standard InChI is InChI=1S/C11H11ClFNO/c1-7(15)14-11(4-5-11)9-3-2-8(12)6-10(9)13/h2-3,6H,4-5H2,1H3,(H,14,15). The number of carbonyl (C=O) groups excluding carboxylic acids is 1. The number of nitrogens with one attached hydrogen (secondary N) is 1. The molecule has 0 saturated heterocycles. The molecule has 0 unspecified atom stereocenters. The van der Waals surface area contributed by atoms with Crippen LogP contribution in [0.25, 0.3) is 0 Å². The number of halogens is 2. The molecule has 1 amide bonds. The largest absolute Gasteiger partial charge is 0.347 e. The van der Waals surface area contributed by atoms with Crippen LogP contribution in [0.2, 0.25) is 5.02 Å². The summed E-state index contributed by atoms with van der Waals surface area (Å²) in [5.74, 6) is -0.490. The van der Waals surface area contributed by atoms with Gasteiger partial charge in [0.25, 0.3) is 0 Å². The van der Waals surface area contributed by atoms with E-state index >= 15 is 0 Å². The first-order valence-corrected chi connectivity index (χ1v) is 5.16. The van der Waals surface area contributed by atoms with Crippen LogP contribution in [0.4, 0.5) is 4.39 Å². The lowest BCUT2D eigenvalue weighted by Crippen LogP contribution is -2.33.